The molecule has 246 valence electrons. The van der Waals surface area contributed by atoms with Crippen LogP contribution in [0.4, 0.5) is 0 Å². The van der Waals surface area contributed by atoms with E-state index >= 15 is 0 Å². The van der Waals surface area contributed by atoms with Crippen molar-refractivity contribution >= 4 is 35.5 Å². The van der Waals surface area contributed by atoms with Crippen LogP contribution in [0.15, 0.2) is 42.5 Å². The van der Waals surface area contributed by atoms with Crippen molar-refractivity contribution in [1.82, 2.24) is 0 Å². The first-order chi connectivity index (χ1) is 21.1. The maximum Gasteiger partial charge on any atom is 0.312 e. The molecule has 1 aromatic rings. The average molecular weight is 649 g/mol. The zero-order chi connectivity index (χ0) is 33.1. The lowest BCUT2D eigenvalue weighted by molar-refractivity contribution is -0.356. The summed E-state index contributed by atoms with van der Waals surface area (Å²) in [6.45, 7) is 13.2. The van der Waals surface area contributed by atoms with Gasteiger partial charge in [-0.2, -0.15) is 0 Å². The van der Waals surface area contributed by atoms with Gasteiger partial charge in [0.1, 0.15) is 18.3 Å². The Morgan fingerprint density at radius 1 is 1.02 bits per heavy atom. The van der Waals surface area contributed by atoms with Crippen molar-refractivity contribution in [2.45, 2.75) is 108 Å². The first-order valence-corrected chi connectivity index (χ1v) is 15.6. The number of benzene rings is 1. The van der Waals surface area contributed by atoms with Crippen molar-refractivity contribution in [3.63, 3.8) is 0 Å². The predicted molar refractivity (Wildman–Crippen MR) is 158 cm³/mol. The number of alkyl halides is 1. The molecule has 1 aliphatic carbocycles. The molecule has 45 heavy (non-hydrogen) atoms. The molecule has 0 unspecified atom stereocenters. The van der Waals surface area contributed by atoms with Gasteiger partial charge in [-0.05, 0) is 18.4 Å². The van der Waals surface area contributed by atoms with E-state index in [0.717, 1.165) is 5.56 Å². The fraction of sp³-hybridized carbons (Fsp3) is 0.636. The summed E-state index contributed by atoms with van der Waals surface area (Å²) >= 11 is 6.90. The molecule has 1 N–H and O–H groups in total. The maximum atomic E-state index is 13.3. The van der Waals surface area contributed by atoms with Crippen LogP contribution in [0.2, 0.25) is 0 Å². The summed E-state index contributed by atoms with van der Waals surface area (Å²) in [5.41, 5.74) is -2.21. The van der Waals surface area contributed by atoms with Gasteiger partial charge in [0.15, 0.2) is 17.5 Å². The number of esters is 4. The highest BCUT2D eigenvalue weighted by Crippen LogP contribution is 2.63. The fourth-order valence-electron chi connectivity index (χ4n) is 8.13. The Labute approximate surface area is 267 Å². The Kier molecular flexibility index (Phi) is 8.89. The lowest BCUT2D eigenvalue weighted by atomic mass is 9.51. The quantitative estimate of drug-likeness (QED) is 0.209. The minimum atomic E-state index is -2.25. The van der Waals surface area contributed by atoms with Gasteiger partial charge in [0.2, 0.25) is 0 Å². The van der Waals surface area contributed by atoms with E-state index in [-0.39, 0.29) is 25.0 Å². The molecule has 1 saturated carbocycles. The minimum absolute atomic E-state index is 0.00978. The summed E-state index contributed by atoms with van der Waals surface area (Å²) in [6, 6.07) is 9.53. The Hall–Kier alpha value is -2.99. The van der Waals surface area contributed by atoms with Gasteiger partial charge in [0, 0.05) is 50.5 Å². The van der Waals surface area contributed by atoms with Crippen molar-refractivity contribution in [3.05, 3.63) is 48.0 Å². The van der Waals surface area contributed by atoms with E-state index in [1.807, 2.05) is 37.3 Å². The highest BCUT2D eigenvalue weighted by Gasteiger charge is 2.77. The molecule has 1 spiro atoms. The van der Waals surface area contributed by atoms with E-state index in [9.17, 15) is 24.3 Å². The molecular weight excluding hydrogens is 608 g/mol. The molecule has 2 bridgehead atoms. The number of hydrogen-bond acceptors (Lipinski definition) is 11. The molecule has 1 aromatic carbocycles. The van der Waals surface area contributed by atoms with Crippen LogP contribution < -0.4 is 0 Å². The SMILES string of the molecule is C=C1[C@H](Cl)[C@@H]2OC(=O)[C@H](C)[C@]23O[C@@]1(O)C[C@H](OC(C)=O)[C@]1(C)[C@H]([C@@H](C)[C@H](OCc2ccccc2)C[C@@H]1OC(C)=O)[C@H]3OC(C)=O. The third-order valence-electron chi connectivity index (χ3n) is 10.3. The average Bonchev–Trinajstić information content (AvgIpc) is 3.21. The number of carbonyl (C=O) groups excluding carboxylic acids is 4. The highest BCUT2D eigenvalue weighted by molar-refractivity contribution is 6.23. The molecule has 0 amide bonds. The molecule has 3 aliphatic heterocycles. The number of halogens is 1. The Bertz CT molecular complexity index is 1370. The monoisotopic (exact) mass is 648 g/mol. The molecule has 12 heteroatoms. The van der Waals surface area contributed by atoms with E-state index in [0.29, 0.717) is 0 Å². The van der Waals surface area contributed by atoms with Crippen LogP contribution in [0.25, 0.3) is 0 Å². The number of carbonyl (C=O) groups is 4. The highest BCUT2D eigenvalue weighted by atomic mass is 35.5. The number of aliphatic hydroxyl groups is 1. The van der Waals surface area contributed by atoms with Gasteiger partial charge >= 0.3 is 23.9 Å². The van der Waals surface area contributed by atoms with Gasteiger partial charge in [-0.1, -0.05) is 50.8 Å². The second kappa shape index (κ2) is 12.0. The van der Waals surface area contributed by atoms with Crippen molar-refractivity contribution in [1.29, 1.82) is 0 Å². The molecule has 4 aliphatic rings. The standard InChI is InChI=1S/C33H41ClO11/c1-16-23(40-15-22-11-9-8-10-12-22)13-24(41-19(4)35)31(7)25(42-20(5)36)14-32(39)17(2)27(34)29-33(45-32,18(3)30(38)44-29)28(26(16)31)43-21(6)37/h8-12,16,18,23-29,39H,2,13-15H2,1,3-7H3/t16-,18-,23+,24-,25-,26+,27-,28+,29-,31+,32-,33+/m0/s1. The molecular formula is C33H41ClO11. The van der Waals surface area contributed by atoms with Gasteiger partial charge in [-0.15, -0.1) is 11.6 Å². The molecule has 12 atom stereocenters. The fourth-order valence-corrected chi connectivity index (χ4v) is 8.55. The van der Waals surface area contributed by atoms with E-state index in [2.05, 4.69) is 6.58 Å². The van der Waals surface area contributed by atoms with Crippen LogP contribution in [0.5, 0.6) is 0 Å². The number of hydrogen-bond donors (Lipinski definition) is 1. The number of fused-ring (bicyclic) bond motifs is 2. The number of ether oxygens (including phenoxy) is 6. The summed E-state index contributed by atoms with van der Waals surface area (Å²) in [7, 11) is 0. The van der Waals surface area contributed by atoms with Crippen LogP contribution >= 0.6 is 11.6 Å². The molecule has 0 aromatic heterocycles. The van der Waals surface area contributed by atoms with Gasteiger partial charge in [-0.25, -0.2) is 0 Å². The van der Waals surface area contributed by atoms with Gasteiger partial charge in [0.25, 0.3) is 0 Å². The van der Waals surface area contributed by atoms with E-state index < -0.39 is 94.3 Å². The lowest BCUT2D eigenvalue weighted by Crippen LogP contribution is -2.76. The minimum Gasteiger partial charge on any atom is -0.462 e. The van der Waals surface area contributed by atoms with Crippen LogP contribution in [-0.2, 0) is 54.2 Å². The van der Waals surface area contributed by atoms with Crippen LogP contribution in [0.1, 0.15) is 59.9 Å². The van der Waals surface area contributed by atoms with E-state index in [4.69, 9.17) is 40.0 Å². The topological polar surface area (TPSA) is 144 Å². The van der Waals surface area contributed by atoms with Crippen LogP contribution in [0, 0.1) is 23.2 Å². The van der Waals surface area contributed by atoms with Crippen molar-refractivity contribution in [2.75, 3.05) is 0 Å². The van der Waals surface area contributed by atoms with Crippen molar-refractivity contribution in [3.8, 4) is 0 Å². The van der Waals surface area contributed by atoms with Crippen molar-refractivity contribution < 1.29 is 52.7 Å². The summed E-state index contributed by atoms with van der Waals surface area (Å²) in [5.74, 6) is -7.23. The third kappa shape index (κ3) is 5.45. The second-order valence-electron chi connectivity index (χ2n) is 13.0. The number of rotatable bonds is 6. The predicted octanol–water partition coefficient (Wildman–Crippen LogP) is 3.62. The van der Waals surface area contributed by atoms with E-state index in [1.54, 1.807) is 13.8 Å². The molecule has 4 fully saturated rings. The zero-order valence-corrected chi connectivity index (χ0v) is 27.1. The Morgan fingerprint density at radius 3 is 2.22 bits per heavy atom. The normalized spacial score (nSPS) is 42.3. The molecule has 3 heterocycles. The lowest BCUT2D eigenvalue weighted by Gasteiger charge is -2.63. The molecule has 3 saturated heterocycles. The maximum absolute atomic E-state index is 13.3. The molecule has 11 nitrogen and oxygen atoms in total. The smallest absolute Gasteiger partial charge is 0.312 e. The first kappa shape index (κ1) is 33.4. The second-order valence-corrected chi connectivity index (χ2v) is 13.5. The zero-order valence-electron chi connectivity index (χ0n) is 26.3. The van der Waals surface area contributed by atoms with Crippen molar-refractivity contribution in [2.24, 2.45) is 23.2 Å². The largest absolute Gasteiger partial charge is 0.462 e. The molecule has 0 radical (unpaired) electrons. The summed E-state index contributed by atoms with van der Waals surface area (Å²) in [5, 5.41) is 11.0. The van der Waals surface area contributed by atoms with Gasteiger partial charge in [0.05, 0.1) is 24.0 Å². The summed E-state index contributed by atoms with van der Waals surface area (Å²) in [4.78, 5) is 51.5. The third-order valence-corrected chi connectivity index (χ3v) is 10.8. The summed E-state index contributed by atoms with van der Waals surface area (Å²) in [6.07, 6.45) is -5.34. The first-order valence-electron chi connectivity index (χ1n) is 15.2. The Morgan fingerprint density at radius 2 is 1.62 bits per heavy atom. The van der Waals surface area contributed by atoms with Gasteiger partial charge in [-0.3, -0.25) is 19.2 Å². The van der Waals surface area contributed by atoms with Crippen LogP contribution in [0.3, 0.4) is 0 Å². The van der Waals surface area contributed by atoms with E-state index in [1.165, 1.54) is 20.8 Å². The van der Waals surface area contributed by atoms with Gasteiger partial charge < -0.3 is 33.5 Å². The summed E-state index contributed by atoms with van der Waals surface area (Å²) < 4.78 is 36.9. The Balaban J connectivity index is 1.75. The molecule has 5 rings (SSSR count). The van der Waals surface area contributed by atoms with Crippen LogP contribution in [-0.4, -0.2) is 76.3 Å².